The smallest absolute Gasteiger partial charge is 0.213 e. The van der Waals surface area contributed by atoms with Crippen molar-refractivity contribution in [3.63, 3.8) is 0 Å². The zero-order valence-electron chi connectivity index (χ0n) is 18.0. The maximum absolute atomic E-state index is 5.85. The van der Waals surface area contributed by atoms with Crippen molar-refractivity contribution in [2.45, 2.75) is 71.6 Å². The van der Waals surface area contributed by atoms with Crippen molar-refractivity contribution in [2.24, 2.45) is 0 Å². The molecule has 4 nitrogen and oxygen atoms in total. The molecule has 156 valence electrons. The van der Waals surface area contributed by atoms with Crippen LogP contribution >= 0.6 is 0 Å². The minimum atomic E-state index is 0.698. The Morgan fingerprint density at radius 1 is 0.552 bits per heavy atom. The van der Waals surface area contributed by atoms with Crippen molar-refractivity contribution in [3.05, 3.63) is 36.4 Å². The van der Waals surface area contributed by atoms with E-state index in [0.717, 1.165) is 47.9 Å². The number of nitrogens with zero attached hydrogens (tertiary/aromatic N) is 2. The molecule has 2 aromatic heterocycles. The minimum absolute atomic E-state index is 0.698. The van der Waals surface area contributed by atoms with Gasteiger partial charge in [0.1, 0.15) is 0 Å². The van der Waals surface area contributed by atoms with Crippen LogP contribution in [0.25, 0.3) is 21.8 Å². The number of ether oxygens (including phenoxy) is 2. The van der Waals surface area contributed by atoms with E-state index in [0.29, 0.717) is 11.8 Å². The van der Waals surface area contributed by atoms with Crippen molar-refractivity contribution in [2.75, 3.05) is 13.2 Å². The van der Waals surface area contributed by atoms with Crippen molar-refractivity contribution in [3.8, 4) is 11.8 Å². The molecule has 3 rings (SSSR count). The van der Waals surface area contributed by atoms with E-state index in [2.05, 4.69) is 35.9 Å². The average Bonchev–Trinajstić information content (AvgIpc) is 2.75. The molecule has 0 aliphatic rings. The molecule has 2 heterocycles. The van der Waals surface area contributed by atoms with Gasteiger partial charge in [0.25, 0.3) is 0 Å². The molecule has 0 fully saturated rings. The fourth-order valence-corrected chi connectivity index (χ4v) is 3.53. The van der Waals surface area contributed by atoms with E-state index in [-0.39, 0.29) is 0 Å². The van der Waals surface area contributed by atoms with Crippen LogP contribution in [0.15, 0.2) is 36.4 Å². The van der Waals surface area contributed by atoms with Crippen molar-refractivity contribution >= 4 is 21.8 Å². The highest BCUT2D eigenvalue weighted by molar-refractivity contribution is 6.04. The average molecular weight is 395 g/mol. The van der Waals surface area contributed by atoms with Crippen LogP contribution in [0.5, 0.6) is 11.8 Å². The Bertz CT molecular complexity index is 895. The Balaban J connectivity index is 1.61. The Morgan fingerprint density at radius 3 is 1.48 bits per heavy atom. The first-order valence-electron chi connectivity index (χ1n) is 11.3. The van der Waals surface area contributed by atoms with E-state index >= 15 is 0 Å². The summed E-state index contributed by atoms with van der Waals surface area (Å²) in [6.07, 6.45) is 11.0. The second-order valence-corrected chi connectivity index (χ2v) is 7.67. The monoisotopic (exact) mass is 394 g/mol. The normalized spacial score (nSPS) is 11.2. The van der Waals surface area contributed by atoms with Crippen molar-refractivity contribution in [1.29, 1.82) is 0 Å². The number of aromatic nitrogens is 2. The first-order valence-corrected chi connectivity index (χ1v) is 11.3. The Kier molecular flexibility index (Phi) is 8.54. The van der Waals surface area contributed by atoms with Crippen LogP contribution in [-0.4, -0.2) is 23.2 Å². The number of pyridine rings is 2. The van der Waals surface area contributed by atoms with Gasteiger partial charge in [-0.25, -0.2) is 9.97 Å². The first-order chi connectivity index (χ1) is 14.3. The second kappa shape index (κ2) is 11.6. The molecule has 0 aliphatic carbocycles. The minimum Gasteiger partial charge on any atom is -0.478 e. The van der Waals surface area contributed by atoms with E-state index in [9.17, 15) is 0 Å². The molecular weight excluding hydrogens is 360 g/mol. The largest absolute Gasteiger partial charge is 0.478 e. The molecule has 1 aromatic carbocycles. The number of hydrogen-bond acceptors (Lipinski definition) is 4. The summed E-state index contributed by atoms with van der Waals surface area (Å²) in [5.74, 6) is 1.40. The van der Waals surface area contributed by atoms with E-state index in [1.807, 2.05) is 24.3 Å². The lowest BCUT2D eigenvalue weighted by Gasteiger charge is -2.09. The van der Waals surface area contributed by atoms with E-state index in [1.54, 1.807) is 0 Å². The van der Waals surface area contributed by atoms with Crippen LogP contribution in [-0.2, 0) is 0 Å². The molecule has 0 saturated heterocycles. The van der Waals surface area contributed by atoms with Gasteiger partial charge in [-0.3, -0.25) is 0 Å². The third-order valence-corrected chi connectivity index (χ3v) is 5.23. The van der Waals surface area contributed by atoms with E-state index in [4.69, 9.17) is 9.47 Å². The Labute approximate surface area is 174 Å². The lowest BCUT2D eigenvalue weighted by molar-refractivity contribution is 0.294. The van der Waals surface area contributed by atoms with E-state index in [1.165, 1.54) is 44.9 Å². The highest BCUT2D eigenvalue weighted by Crippen LogP contribution is 2.27. The third-order valence-electron chi connectivity index (χ3n) is 5.23. The quantitative estimate of drug-likeness (QED) is 0.229. The molecule has 0 aliphatic heterocycles. The van der Waals surface area contributed by atoms with Gasteiger partial charge < -0.3 is 9.47 Å². The highest BCUT2D eigenvalue weighted by Gasteiger charge is 2.06. The summed E-state index contributed by atoms with van der Waals surface area (Å²) >= 11 is 0. The summed E-state index contributed by atoms with van der Waals surface area (Å²) in [6, 6.07) is 12.1. The number of hydrogen-bond donors (Lipinski definition) is 0. The molecule has 29 heavy (non-hydrogen) atoms. The lowest BCUT2D eigenvalue weighted by Crippen LogP contribution is -2.00. The van der Waals surface area contributed by atoms with Crippen LogP contribution in [0.3, 0.4) is 0 Å². The summed E-state index contributed by atoms with van der Waals surface area (Å²) in [5.41, 5.74) is 1.88. The van der Waals surface area contributed by atoms with E-state index < -0.39 is 0 Å². The molecule has 0 spiro atoms. The number of fused-ring (bicyclic) bond motifs is 3. The standard InChI is InChI=1S/C25H34N2O2/c1-3-5-7-9-11-19-29-25-17-13-21-20-12-16-24(28-18-10-8-6-4-2)26-22(20)14-15-23(21)27-25/h12-17H,3-11,18-19H2,1-2H3. The Hall–Kier alpha value is -2.36. The fourth-order valence-electron chi connectivity index (χ4n) is 3.53. The molecule has 4 heteroatoms. The molecule has 0 N–H and O–H groups in total. The second-order valence-electron chi connectivity index (χ2n) is 7.67. The molecule has 0 atom stereocenters. The van der Waals surface area contributed by atoms with Crippen molar-refractivity contribution < 1.29 is 9.47 Å². The van der Waals surface area contributed by atoms with Crippen LogP contribution in [0.4, 0.5) is 0 Å². The highest BCUT2D eigenvalue weighted by atomic mass is 16.5. The van der Waals surface area contributed by atoms with Gasteiger partial charge in [0.2, 0.25) is 11.8 Å². The summed E-state index contributed by atoms with van der Waals surface area (Å²) < 4.78 is 11.7. The van der Waals surface area contributed by atoms with Gasteiger partial charge in [-0.05, 0) is 37.1 Å². The summed E-state index contributed by atoms with van der Waals surface area (Å²) in [5, 5.41) is 2.19. The Morgan fingerprint density at radius 2 is 1.00 bits per heavy atom. The summed E-state index contributed by atoms with van der Waals surface area (Å²) in [4.78, 5) is 9.35. The van der Waals surface area contributed by atoms with Crippen LogP contribution < -0.4 is 9.47 Å². The predicted molar refractivity (Wildman–Crippen MR) is 121 cm³/mol. The summed E-state index contributed by atoms with van der Waals surface area (Å²) in [6.45, 7) is 5.91. The van der Waals surface area contributed by atoms with Gasteiger partial charge >= 0.3 is 0 Å². The first kappa shape index (κ1) is 21.4. The number of unbranched alkanes of at least 4 members (excludes halogenated alkanes) is 7. The zero-order chi connectivity index (χ0) is 20.3. The third kappa shape index (κ3) is 6.31. The van der Waals surface area contributed by atoms with Gasteiger partial charge in [-0.15, -0.1) is 0 Å². The van der Waals surface area contributed by atoms with Crippen LogP contribution in [0.1, 0.15) is 71.6 Å². The maximum Gasteiger partial charge on any atom is 0.213 e. The van der Waals surface area contributed by atoms with Gasteiger partial charge in [0.05, 0.1) is 24.2 Å². The molecule has 3 aromatic rings. The summed E-state index contributed by atoms with van der Waals surface area (Å²) in [7, 11) is 0. The van der Waals surface area contributed by atoms with Gasteiger partial charge in [-0.2, -0.15) is 0 Å². The predicted octanol–water partition coefficient (Wildman–Crippen LogP) is 7.09. The maximum atomic E-state index is 5.85. The molecule has 0 amide bonds. The number of benzene rings is 1. The van der Waals surface area contributed by atoms with Crippen LogP contribution in [0, 0.1) is 0 Å². The molecule has 0 saturated carbocycles. The van der Waals surface area contributed by atoms with Crippen molar-refractivity contribution in [1.82, 2.24) is 9.97 Å². The number of rotatable bonds is 13. The molecule has 0 unspecified atom stereocenters. The lowest BCUT2D eigenvalue weighted by atomic mass is 10.1. The van der Waals surface area contributed by atoms with Gasteiger partial charge in [0.15, 0.2) is 0 Å². The topological polar surface area (TPSA) is 44.2 Å². The van der Waals surface area contributed by atoms with Gasteiger partial charge in [0, 0.05) is 22.9 Å². The van der Waals surface area contributed by atoms with Crippen LogP contribution in [0.2, 0.25) is 0 Å². The SMILES string of the molecule is CCCCCCCOc1ccc2c(ccc3nc(OCCCCCC)ccc32)n1. The molecule has 0 bridgehead atoms. The zero-order valence-corrected chi connectivity index (χ0v) is 18.0. The van der Waals surface area contributed by atoms with Gasteiger partial charge in [-0.1, -0.05) is 58.8 Å². The fraction of sp³-hybridized carbons (Fsp3) is 0.520. The molecular formula is C25H34N2O2. The molecule has 0 radical (unpaired) electrons.